The number of rotatable bonds is 2. The third kappa shape index (κ3) is 2.57. The third-order valence-corrected chi connectivity index (χ3v) is 3.12. The van der Waals surface area contributed by atoms with Gasteiger partial charge in [-0.25, -0.2) is 0 Å². The van der Waals surface area contributed by atoms with E-state index in [1.54, 1.807) is 24.3 Å². The van der Waals surface area contributed by atoms with Gasteiger partial charge in [0, 0.05) is 5.56 Å². The van der Waals surface area contributed by atoms with E-state index < -0.39 is 0 Å². The number of hydrogen-bond acceptors (Lipinski definition) is 3. The van der Waals surface area contributed by atoms with Crippen LogP contribution >= 0.6 is 34.8 Å². The van der Waals surface area contributed by atoms with E-state index in [9.17, 15) is 0 Å². The molecule has 0 atom stereocenters. The highest BCUT2D eigenvalue weighted by atomic mass is 35.5. The van der Waals surface area contributed by atoms with Gasteiger partial charge in [-0.05, 0) is 24.3 Å². The number of furan rings is 1. The summed E-state index contributed by atoms with van der Waals surface area (Å²) in [7, 11) is 0. The Labute approximate surface area is 112 Å². The molecule has 0 saturated heterocycles. The van der Waals surface area contributed by atoms with Gasteiger partial charge in [-0.15, -0.1) is 0 Å². The molecule has 0 fully saturated rings. The van der Waals surface area contributed by atoms with Gasteiger partial charge in [0.05, 0.1) is 15.1 Å². The summed E-state index contributed by atoms with van der Waals surface area (Å²) in [5, 5.41) is 12.4. The first-order chi connectivity index (χ1) is 8.11. The highest BCUT2D eigenvalue weighted by molar-refractivity contribution is 6.44. The molecule has 0 bridgehead atoms. The van der Waals surface area contributed by atoms with Crippen LogP contribution in [-0.4, -0.2) is 11.4 Å². The first-order valence-electron chi connectivity index (χ1n) is 4.54. The van der Waals surface area contributed by atoms with Crippen LogP contribution in [0.15, 0.2) is 33.8 Å². The second-order valence-corrected chi connectivity index (χ2v) is 4.41. The van der Waals surface area contributed by atoms with Crippen LogP contribution in [0, 0.1) is 0 Å². The van der Waals surface area contributed by atoms with Crippen LogP contribution in [0.1, 0.15) is 5.76 Å². The van der Waals surface area contributed by atoms with Crippen molar-refractivity contribution < 1.29 is 9.62 Å². The summed E-state index contributed by atoms with van der Waals surface area (Å²) < 4.78 is 5.39. The Kier molecular flexibility index (Phi) is 3.62. The van der Waals surface area contributed by atoms with E-state index >= 15 is 0 Å². The van der Waals surface area contributed by atoms with Crippen molar-refractivity contribution in [2.45, 2.75) is 0 Å². The normalized spacial score (nSPS) is 11.2. The molecule has 1 N–H and O–H groups in total. The Bertz CT molecular complexity index is 578. The van der Waals surface area contributed by atoms with Crippen LogP contribution in [-0.2, 0) is 0 Å². The number of oxime groups is 1. The first kappa shape index (κ1) is 12.3. The summed E-state index contributed by atoms with van der Waals surface area (Å²) >= 11 is 17.8. The minimum atomic E-state index is 0.379. The van der Waals surface area contributed by atoms with Crippen molar-refractivity contribution >= 4 is 41.0 Å². The van der Waals surface area contributed by atoms with E-state index in [4.69, 9.17) is 44.4 Å². The zero-order valence-electron chi connectivity index (χ0n) is 8.32. The van der Waals surface area contributed by atoms with Crippen LogP contribution in [0.4, 0.5) is 0 Å². The number of benzene rings is 1. The lowest BCUT2D eigenvalue weighted by Gasteiger charge is -2.03. The highest BCUT2D eigenvalue weighted by Crippen LogP contribution is 2.35. The smallest absolute Gasteiger partial charge is 0.149 e. The van der Waals surface area contributed by atoms with Crippen molar-refractivity contribution in [1.29, 1.82) is 0 Å². The van der Waals surface area contributed by atoms with E-state index in [1.807, 2.05) is 0 Å². The molecular formula is C11H6Cl3NO2. The average Bonchev–Trinajstić information content (AvgIpc) is 2.72. The molecule has 2 rings (SSSR count). The summed E-state index contributed by atoms with van der Waals surface area (Å²) in [5.41, 5.74) is 0.624. The predicted octanol–water partition coefficient (Wildman–Crippen LogP) is 4.71. The molecule has 6 heteroatoms. The predicted molar refractivity (Wildman–Crippen MR) is 68.6 cm³/mol. The summed E-state index contributed by atoms with van der Waals surface area (Å²) in [4.78, 5) is 0. The van der Waals surface area contributed by atoms with Gasteiger partial charge in [-0.1, -0.05) is 40.0 Å². The standard InChI is InChI=1S/C11H6Cl3NO2/c12-8-4-10(14)9(13)3-7(8)11-2-1-6(17-11)5-15-16/h1-5,16H/b15-5-. The molecule has 0 spiro atoms. The second kappa shape index (κ2) is 5.00. The van der Waals surface area contributed by atoms with Crippen LogP contribution < -0.4 is 0 Å². The van der Waals surface area contributed by atoms with E-state index in [2.05, 4.69) is 5.16 Å². The minimum absolute atomic E-state index is 0.379. The van der Waals surface area contributed by atoms with Gasteiger partial charge in [0.2, 0.25) is 0 Å². The van der Waals surface area contributed by atoms with Crippen molar-refractivity contribution in [1.82, 2.24) is 0 Å². The molecule has 0 amide bonds. The molecule has 88 valence electrons. The zero-order chi connectivity index (χ0) is 12.4. The Morgan fingerprint density at radius 1 is 1.06 bits per heavy atom. The lowest BCUT2D eigenvalue weighted by molar-refractivity contribution is 0.321. The van der Waals surface area contributed by atoms with Crippen molar-refractivity contribution in [2.75, 3.05) is 0 Å². The van der Waals surface area contributed by atoms with Gasteiger partial charge in [0.1, 0.15) is 17.7 Å². The fourth-order valence-corrected chi connectivity index (χ4v) is 1.98. The SMILES string of the molecule is O/N=C\c1ccc(-c2cc(Cl)c(Cl)cc2Cl)o1. The number of hydrogen-bond donors (Lipinski definition) is 1. The molecule has 1 aromatic carbocycles. The molecule has 1 aromatic heterocycles. The van der Waals surface area contributed by atoms with Gasteiger partial charge in [-0.2, -0.15) is 0 Å². The van der Waals surface area contributed by atoms with Crippen molar-refractivity contribution in [3.05, 3.63) is 45.1 Å². The van der Waals surface area contributed by atoms with E-state index in [0.29, 0.717) is 32.2 Å². The first-order valence-corrected chi connectivity index (χ1v) is 5.67. The van der Waals surface area contributed by atoms with Crippen LogP contribution in [0.25, 0.3) is 11.3 Å². The molecular weight excluding hydrogens is 284 g/mol. The largest absolute Gasteiger partial charge is 0.455 e. The molecule has 17 heavy (non-hydrogen) atoms. The molecule has 0 aliphatic heterocycles. The molecule has 0 radical (unpaired) electrons. The highest BCUT2D eigenvalue weighted by Gasteiger charge is 2.11. The Hall–Kier alpha value is -1.16. The maximum atomic E-state index is 8.38. The van der Waals surface area contributed by atoms with E-state index in [1.165, 1.54) is 6.21 Å². The molecule has 3 nitrogen and oxygen atoms in total. The van der Waals surface area contributed by atoms with Gasteiger partial charge in [0.15, 0.2) is 0 Å². The Balaban J connectivity index is 2.48. The van der Waals surface area contributed by atoms with Crippen molar-refractivity contribution in [2.24, 2.45) is 5.16 Å². The molecule has 0 saturated carbocycles. The maximum Gasteiger partial charge on any atom is 0.149 e. The summed E-state index contributed by atoms with van der Waals surface area (Å²) in [6.45, 7) is 0. The van der Waals surface area contributed by atoms with Gasteiger partial charge in [-0.3, -0.25) is 0 Å². The molecule has 0 unspecified atom stereocenters. The Morgan fingerprint density at radius 2 is 1.76 bits per heavy atom. The van der Waals surface area contributed by atoms with Crippen LogP contribution in [0.5, 0.6) is 0 Å². The third-order valence-electron chi connectivity index (χ3n) is 2.09. The van der Waals surface area contributed by atoms with Gasteiger partial charge in [0.25, 0.3) is 0 Å². The topological polar surface area (TPSA) is 45.7 Å². The summed E-state index contributed by atoms with van der Waals surface area (Å²) in [6, 6.07) is 6.50. The lowest BCUT2D eigenvalue weighted by Crippen LogP contribution is -1.79. The van der Waals surface area contributed by atoms with Gasteiger partial charge >= 0.3 is 0 Å². The number of halogens is 3. The molecule has 0 aliphatic rings. The monoisotopic (exact) mass is 289 g/mol. The van der Waals surface area contributed by atoms with Gasteiger partial charge < -0.3 is 9.62 Å². The minimum Gasteiger partial charge on any atom is -0.455 e. The number of nitrogens with zero attached hydrogens (tertiary/aromatic N) is 1. The molecule has 1 heterocycles. The van der Waals surface area contributed by atoms with E-state index in [-0.39, 0.29) is 0 Å². The van der Waals surface area contributed by atoms with Crippen molar-refractivity contribution in [3.8, 4) is 11.3 Å². The maximum absolute atomic E-state index is 8.38. The quantitative estimate of drug-likeness (QED) is 0.376. The molecule has 0 aliphatic carbocycles. The van der Waals surface area contributed by atoms with E-state index in [0.717, 1.165) is 0 Å². The van der Waals surface area contributed by atoms with Crippen molar-refractivity contribution in [3.63, 3.8) is 0 Å². The summed E-state index contributed by atoms with van der Waals surface area (Å²) in [6.07, 6.45) is 1.18. The Morgan fingerprint density at radius 3 is 2.47 bits per heavy atom. The lowest BCUT2D eigenvalue weighted by atomic mass is 10.2. The van der Waals surface area contributed by atoms with Crippen LogP contribution in [0.2, 0.25) is 15.1 Å². The second-order valence-electron chi connectivity index (χ2n) is 3.19. The average molecular weight is 291 g/mol. The zero-order valence-corrected chi connectivity index (χ0v) is 10.6. The van der Waals surface area contributed by atoms with Crippen LogP contribution in [0.3, 0.4) is 0 Å². The summed E-state index contributed by atoms with van der Waals surface area (Å²) in [5.74, 6) is 0.924. The fraction of sp³-hybridized carbons (Fsp3) is 0. The molecule has 2 aromatic rings. The fourth-order valence-electron chi connectivity index (χ4n) is 1.34.